The van der Waals surface area contributed by atoms with E-state index in [2.05, 4.69) is 48.2 Å². The molecule has 1 N–H and O–H groups in total. The number of nitrogens with one attached hydrogen (secondary N) is 1. The highest BCUT2D eigenvalue weighted by atomic mass is 16.3. The molecule has 0 unspecified atom stereocenters. The summed E-state index contributed by atoms with van der Waals surface area (Å²) in [5, 5.41) is 2.87. The largest absolute Gasteiger partial charge is 0.443 e. The van der Waals surface area contributed by atoms with Gasteiger partial charge < -0.3 is 8.98 Å². The number of carbonyl (C=O) groups excluding carboxylic acids is 1. The molecule has 2 aromatic heterocycles. The highest BCUT2D eigenvalue weighted by molar-refractivity contribution is 6.05. The molecule has 1 amide bonds. The summed E-state index contributed by atoms with van der Waals surface area (Å²) in [6.45, 7) is 6.28. The van der Waals surface area contributed by atoms with E-state index in [0.717, 1.165) is 11.3 Å². The lowest BCUT2D eigenvalue weighted by atomic mass is 9.99. The molecule has 6 heteroatoms. The number of amides is 1. The number of carbonyl (C=O) groups is 1. The van der Waals surface area contributed by atoms with Gasteiger partial charge in [0.25, 0.3) is 5.91 Å². The number of hydrogen-bond acceptors (Lipinski definition) is 4. The number of rotatable bonds is 3. The maximum absolute atomic E-state index is 12.6. The Bertz CT molecular complexity index is 1170. The normalized spacial score (nSPS) is 11.1. The van der Waals surface area contributed by atoms with Crippen LogP contribution in [0.1, 0.15) is 27.0 Å². The van der Waals surface area contributed by atoms with E-state index >= 15 is 0 Å². The highest BCUT2D eigenvalue weighted by Crippen LogP contribution is 2.28. The van der Waals surface area contributed by atoms with Gasteiger partial charge >= 0.3 is 0 Å². The lowest BCUT2D eigenvalue weighted by molar-refractivity contribution is 0.102. The number of nitrogens with zero attached hydrogens (tertiary/aromatic N) is 3. The molecule has 4 rings (SSSR count). The van der Waals surface area contributed by atoms with Crippen molar-refractivity contribution in [2.24, 2.45) is 7.05 Å². The first-order valence-corrected chi connectivity index (χ1v) is 8.68. The van der Waals surface area contributed by atoms with Crippen LogP contribution in [0.4, 0.5) is 5.95 Å². The fraction of sp³-hybridized carbons (Fsp3) is 0.190. The minimum atomic E-state index is -0.239. The second-order valence-corrected chi connectivity index (χ2v) is 6.77. The number of imidazole rings is 1. The van der Waals surface area contributed by atoms with E-state index in [1.54, 1.807) is 24.4 Å². The van der Waals surface area contributed by atoms with Gasteiger partial charge in [-0.3, -0.25) is 10.1 Å². The van der Waals surface area contributed by atoms with Crippen LogP contribution < -0.4 is 5.32 Å². The molecule has 0 fully saturated rings. The van der Waals surface area contributed by atoms with Crippen molar-refractivity contribution in [1.82, 2.24) is 14.5 Å². The zero-order valence-electron chi connectivity index (χ0n) is 15.7. The Labute approximate surface area is 156 Å². The van der Waals surface area contributed by atoms with Crippen LogP contribution in [0.25, 0.3) is 22.4 Å². The summed E-state index contributed by atoms with van der Waals surface area (Å²) in [5.41, 5.74) is 7.53. The summed E-state index contributed by atoms with van der Waals surface area (Å²) in [6.07, 6.45) is 3.15. The number of hydrogen-bond donors (Lipinski definition) is 1. The Kier molecular flexibility index (Phi) is 4.03. The van der Waals surface area contributed by atoms with Crippen LogP contribution in [0, 0.1) is 20.8 Å². The van der Waals surface area contributed by atoms with Crippen molar-refractivity contribution in [2.45, 2.75) is 20.8 Å². The fourth-order valence-electron chi connectivity index (χ4n) is 3.19. The maximum Gasteiger partial charge on any atom is 0.258 e. The van der Waals surface area contributed by atoms with E-state index in [1.165, 1.54) is 23.1 Å². The van der Waals surface area contributed by atoms with Crippen molar-refractivity contribution in [2.75, 3.05) is 5.32 Å². The molecule has 27 heavy (non-hydrogen) atoms. The van der Waals surface area contributed by atoms with E-state index < -0.39 is 0 Å². The number of aryl methyl sites for hydroxylation is 3. The molecule has 0 spiro atoms. The van der Waals surface area contributed by atoms with Crippen LogP contribution in [0.5, 0.6) is 0 Å². The molecule has 0 radical (unpaired) electrons. The Morgan fingerprint density at radius 3 is 2.63 bits per heavy atom. The molecule has 2 heterocycles. The molecule has 0 saturated heterocycles. The summed E-state index contributed by atoms with van der Waals surface area (Å²) in [4.78, 5) is 21.1. The third kappa shape index (κ3) is 2.99. The number of benzene rings is 2. The van der Waals surface area contributed by atoms with Gasteiger partial charge in [0.05, 0.1) is 11.9 Å². The molecule has 0 aliphatic heterocycles. The van der Waals surface area contributed by atoms with E-state index in [4.69, 9.17) is 4.42 Å². The number of anilines is 1. The molecular weight excluding hydrogens is 340 g/mol. The van der Waals surface area contributed by atoms with Gasteiger partial charge in [-0.25, -0.2) is 9.97 Å². The molecule has 2 aromatic carbocycles. The summed E-state index contributed by atoms with van der Waals surface area (Å²) >= 11 is 0. The fourth-order valence-corrected chi connectivity index (χ4v) is 3.19. The smallest absolute Gasteiger partial charge is 0.258 e. The van der Waals surface area contributed by atoms with Gasteiger partial charge in [-0.05, 0) is 61.7 Å². The lowest BCUT2D eigenvalue weighted by Gasteiger charge is -2.12. The molecule has 136 valence electrons. The number of fused-ring (bicyclic) bond motifs is 1. The first-order valence-electron chi connectivity index (χ1n) is 8.68. The average molecular weight is 360 g/mol. The Morgan fingerprint density at radius 1 is 1.04 bits per heavy atom. The average Bonchev–Trinajstić information content (AvgIpc) is 3.25. The van der Waals surface area contributed by atoms with Crippen molar-refractivity contribution in [3.05, 3.63) is 65.2 Å². The Morgan fingerprint density at radius 2 is 1.81 bits per heavy atom. The van der Waals surface area contributed by atoms with Gasteiger partial charge in [0.2, 0.25) is 5.95 Å². The number of aromatic nitrogens is 3. The van der Waals surface area contributed by atoms with E-state index in [0.29, 0.717) is 22.6 Å². The molecule has 0 bridgehead atoms. The van der Waals surface area contributed by atoms with E-state index in [1.807, 2.05) is 11.6 Å². The van der Waals surface area contributed by atoms with E-state index in [-0.39, 0.29) is 5.91 Å². The molecule has 0 atom stereocenters. The third-order valence-corrected chi connectivity index (χ3v) is 4.92. The van der Waals surface area contributed by atoms with Gasteiger partial charge in [-0.1, -0.05) is 6.07 Å². The standard InChI is InChI=1S/C21H20N4O2/c1-12-7-14(3)16(8-13(12)2)18-10-22-21(25(18)4)24-20(26)15-5-6-19-17(9-15)23-11-27-19/h5-11H,1-4H3,(H,22,24,26). The zero-order chi connectivity index (χ0) is 19.1. The van der Waals surface area contributed by atoms with Crippen LogP contribution in [0.2, 0.25) is 0 Å². The van der Waals surface area contributed by atoms with Crippen LogP contribution in [0.15, 0.2) is 47.3 Å². The van der Waals surface area contributed by atoms with Crippen molar-refractivity contribution >= 4 is 23.0 Å². The predicted octanol–water partition coefficient (Wildman–Crippen LogP) is 4.41. The molecule has 0 aliphatic carbocycles. The predicted molar refractivity (Wildman–Crippen MR) is 105 cm³/mol. The van der Waals surface area contributed by atoms with Crippen molar-refractivity contribution in [3.63, 3.8) is 0 Å². The van der Waals surface area contributed by atoms with Crippen molar-refractivity contribution < 1.29 is 9.21 Å². The van der Waals surface area contributed by atoms with Crippen molar-refractivity contribution in [3.8, 4) is 11.3 Å². The molecular formula is C21H20N4O2. The van der Waals surface area contributed by atoms with Gasteiger partial charge in [-0.2, -0.15) is 0 Å². The number of oxazole rings is 1. The van der Waals surface area contributed by atoms with Crippen LogP contribution in [-0.4, -0.2) is 20.4 Å². The zero-order valence-corrected chi connectivity index (χ0v) is 15.7. The Balaban J connectivity index is 1.64. The first kappa shape index (κ1) is 17.0. The minimum Gasteiger partial charge on any atom is -0.443 e. The van der Waals surface area contributed by atoms with Gasteiger partial charge in [-0.15, -0.1) is 0 Å². The van der Waals surface area contributed by atoms with Gasteiger partial charge in [0.15, 0.2) is 12.0 Å². The van der Waals surface area contributed by atoms with Crippen LogP contribution in [-0.2, 0) is 7.05 Å². The van der Waals surface area contributed by atoms with E-state index in [9.17, 15) is 4.79 Å². The summed E-state index contributed by atoms with van der Waals surface area (Å²) in [6, 6.07) is 9.47. The molecule has 0 saturated carbocycles. The van der Waals surface area contributed by atoms with Gasteiger partial charge in [0, 0.05) is 18.2 Å². The summed E-state index contributed by atoms with van der Waals surface area (Å²) in [5.74, 6) is 0.254. The maximum atomic E-state index is 12.6. The Hall–Kier alpha value is -3.41. The highest BCUT2D eigenvalue weighted by Gasteiger charge is 2.15. The lowest BCUT2D eigenvalue weighted by Crippen LogP contribution is -2.15. The second-order valence-electron chi connectivity index (χ2n) is 6.77. The summed E-state index contributed by atoms with van der Waals surface area (Å²) < 4.78 is 7.10. The first-order chi connectivity index (χ1) is 12.9. The quantitative estimate of drug-likeness (QED) is 0.587. The molecule has 6 nitrogen and oxygen atoms in total. The minimum absolute atomic E-state index is 0.239. The topological polar surface area (TPSA) is 73.0 Å². The summed E-state index contributed by atoms with van der Waals surface area (Å²) in [7, 11) is 1.90. The van der Waals surface area contributed by atoms with Crippen LogP contribution >= 0.6 is 0 Å². The van der Waals surface area contributed by atoms with Crippen molar-refractivity contribution in [1.29, 1.82) is 0 Å². The monoisotopic (exact) mass is 360 g/mol. The SMILES string of the molecule is Cc1cc(C)c(-c2cnc(NC(=O)c3ccc4ocnc4c3)n2C)cc1C. The second kappa shape index (κ2) is 6.39. The molecule has 0 aliphatic rings. The molecule has 4 aromatic rings. The van der Waals surface area contributed by atoms with Crippen LogP contribution in [0.3, 0.4) is 0 Å². The third-order valence-electron chi connectivity index (χ3n) is 4.92. The van der Waals surface area contributed by atoms with Gasteiger partial charge in [0.1, 0.15) is 5.52 Å².